The average molecular weight is 356 g/mol. The first-order chi connectivity index (χ1) is 9.76. The molecule has 21 heavy (non-hydrogen) atoms. The summed E-state index contributed by atoms with van der Waals surface area (Å²) in [5.41, 5.74) is 1.50. The summed E-state index contributed by atoms with van der Waals surface area (Å²) in [7, 11) is 0. The molecule has 0 atom stereocenters. The van der Waals surface area contributed by atoms with Crippen molar-refractivity contribution < 1.29 is 21.5 Å². The first kappa shape index (κ1) is 20.7. The van der Waals surface area contributed by atoms with Crippen molar-refractivity contribution in [2.75, 3.05) is 19.6 Å². The van der Waals surface area contributed by atoms with E-state index in [2.05, 4.69) is 51.1 Å². The fraction of sp³-hybridized carbons (Fsp3) is 0.684. The van der Waals surface area contributed by atoms with Gasteiger partial charge >= 0.3 is 0 Å². The molecular weight excluding hydrogens is 322 g/mol. The van der Waals surface area contributed by atoms with Crippen molar-refractivity contribution in [3.63, 3.8) is 0 Å². The van der Waals surface area contributed by atoms with Gasteiger partial charge in [0.2, 0.25) is 0 Å². The van der Waals surface area contributed by atoms with Crippen LogP contribution < -0.4 is 17.0 Å². The van der Waals surface area contributed by atoms with Crippen LogP contribution in [0.4, 0.5) is 0 Å². The minimum Gasteiger partial charge on any atom is -1.00 e. The molecule has 1 aromatic rings. The summed E-state index contributed by atoms with van der Waals surface area (Å²) in [4.78, 5) is 0. The molecule has 0 saturated carbocycles. The van der Waals surface area contributed by atoms with Crippen LogP contribution in [0.1, 0.15) is 64.9 Å². The maximum Gasteiger partial charge on any atom is 0.104 e. The molecule has 0 N–H and O–H groups in total. The third kappa shape index (κ3) is 8.01. The Bertz CT molecular complexity index is 331. The molecule has 0 bridgehead atoms. The lowest BCUT2D eigenvalue weighted by molar-refractivity contribution is -0.941. The van der Waals surface area contributed by atoms with Gasteiger partial charge in [0.05, 0.1) is 19.6 Å². The maximum absolute atomic E-state index is 2.33. The quantitative estimate of drug-likeness (QED) is 0.422. The van der Waals surface area contributed by atoms with Crippen molar-refractivity contribution in [2.24, 2.45) is 0 Å². The summed E-state index contributed by atoms with van der Waals surface area (Å²) in [6.45, 7) is 12.2. The molecule has 0 fully saturated rings. The molecule has 0 aromatic heterocycles. The van der Waals surface area contributed by atoms with Crippen molar-refractivity contribution in [2.45, 2.75) is 65.8 Å². The largest absolute Gasteiger partial charge is 1.00 e. The van der Waals surface area contributed by atoms with Crippen molar-refractivity contribution in [3.05, 3.63) is 35.9 Å². The first-order valence-corrected chi connectivity index (χ1v) is 8.65. The second-order valence-electron chi connectivity index (χ2n) is 6.22. The maximum atomic E-state index is 2.33. The Kier molecular flexibility index (Phi) is 12.0. The van der Waals surface area contributed by atoms with E-state index in [4.69, 9.17) is 0 Å². The van der Waals surface area contributed by atoms with Crippen LogP contribution in [-0.2, 0) is 6.54 Å². The van der Waals surface area contributed by atoms with Crippen LogP contribution in [0.2, 0.25) is 0 Å². The van der Waals surface area contributed by atoms with Gasteiger partial charge in [0.1, 0.15) is 6.54 Å². The molecule has 0 unspecified atom stereocenters. The molecular formula is C19H34BrN. The van der Waals surface area contributed by atoms with Crippen LogP contribution in [0, 0.1) is 0 Å². The second-order valence-corrected chi connectivity index (χ2v) is 6.22. The highest BCUT2D eigenvalue weighted by Crippen LogP contribution is 2.19. The minimum atomic E-state index is 0. The van der Waals surface area contributed by atoms with Crippen LogP contribution in [-0.4, -0.2) is 24.1 Å². The van der Waals surface area contributed by atoms with Crippen molar-refractivity contribution in [1.29, 1.82) is 0 Å². The number of hydrogen-bond acceptors (Lipinski definition) is 0. The van der Waals surface area contributed by atoms with E-state index in [-0.39, 0.29) is 17.0 Å². The molecule has 0 heterocycles. The second kappa shape index (κ2) is 12.2. The zero-order chi connectivity index (χ0) is 14.7. The Labute approximate surface area is 143 Å². The van der Waals surface area contributed by atoms with Gasteiger partial charge in [-0.15, -0.1) is 0 Å². The van der Waals surface area contributed by atoms with Crippen LogP contribution in [0.5, 0.6) is 0 Å². The summed E-state index contributed by atoms with van der Waals surface area (Å²) in [5.74, 6) is 0. The van der Waals surface area contributed by atoms with E-state index in [0.717, 1.165) is 0 Å². The summed E-state index contributed by atoms with van der Waals surface area (Å²) < 4.78 is 1.29. The lowest BCUT2D eigenvalue weighted by atomic mass is 10.1. The molecule has 0 aliphatic carbocycles. The third-order valence-corrected chi connectivity index (χ3v) is 4.24. The fourth-order valence-corrected chi connectivity index (χ4v) is 3.37. The molecule has 0 saturated heterocycles. The molecule has 0 aliphatic heterocycles. The Balaban J connectivity index is 0.00000400. The lowest BCUT2D eigenvalue weighted by Crippen LogP contribution is -3.00. The molecule has 0 spiro atoms. The van der Waals surface area contributed by atoms with Crippen LogP contribution in [0.15, 0.2) is 30.3 Å². The standard InChI is InChI=1S/C19H34N.BrH/c1-4-7-8-12-17-20(15-5-2,16-6-3)18-19-13-10-9-11-14-19;/h9-11,13-14H,4-8,12,15-18H2,1-3H3;1H/q+1;/p-1. The van der Waals surface area contributed by atoms with E-state index in [1.165, 1.54) is 74.8 Å². The van der Waals surface area contributed by atoms with Gasteiger partial charge in [0, 0.05) is 5.56 Å². The molecule has 0 radical (unpaired) electrons. The van der Waals surface area contributed by atoms with Crippen molar-refractivity contribution in [1.82, 2.24) is 0 Å². The molecule has 2 heteroatoms. The molecule has 0 amide bonds. The number of halogens is 1. The van der Waals surface area contributed by atoms with Gasteiger partial charge in [-0.3, -0.25) is 0 Å². The van der Waals surface area contributed by atoms with E-state index in [1.54, 1.807) is 0 Å². The monoisotopic (exact) mass is 355 g/mol. The highest BCUT2D eigenvalue weighted by molar-refractivity contribution is 5.13. The molecule has 1 nitrogen and oxygen atoms in total. The van der Waals surface area contributed by atoms with E-state index in [9.17, 15) is 0 Å². The summed E-state index contributed by atoms with van der Waals surface area (Å²) in [6, 6.07) is 11.1. The van der Waals surface area contributed by atoms with Gasteiger partial charge < -0.3 is 21.5 Å². The zero-order valence-corrected chi connectivity index (χ0v) is 15.9. The normalized spacial score (nSPS) is 11.2. The van der Waals surface area contributed by atoms with Crippen molar-refractivity contribution >= 4 is 0 Å². The van der Waals surface area contributed by atoms with Crippen LogP contribution in [0.3, 0.4) is 0 Å². The number of rotatable bonds is 11. The summed E-state index contributed by atoms with van der Waals surface area (Å²) >= 11 is 0. The van der Waals surface area contributed by atoms with Crippen LogP contribution in [0.25, 0.3) is 0 Å². The van der Waals surface area contributed by atoms with Gasteiger partial charge in [0.25, 0.3) is 0 Å². The minimum absolute atomic E-state index is 0. The van der Waals surface area contributed by atoms with Gasteiger partial charge in [-0.05, 0) is 25.7 Å². The lowest BCUT2D eigenvalue weighted by Gasteiger charge is -2.39. The predicted octanol–water partition coefficient (Wildman–Crippen LogP) is 2.41. The number of nitrogens with zero attached hydrogens (tertiary/aromatic N) is 1. The van der Waals surface area contributed by atoms with Gasteiger partial charge in [-0.25, -0.2) is 0 Å². The number of quaternary nitrogens is 1. The topological polar surface area (TPSA) is 0 Å². The molecule has 1 rings (SSSR count). The number of benzene rings is 1. The van der Waals surface area contributed by atoms with E-state index < -0.39 is 0 Å². The Morgan fingerprint density at radius 2 is 1.33 bits per heavy atom. The molecule has 122 valence electrons. The highest BCUT2D eigenvalue weighted by atomic mass is 79.9. The Morgan fingerprint density at radius 1 is 0.714 bits per heavy atom. The van der Waals surface area contributed by atoms with Gasteiger partial charge in [0.15, 0.2) is 0 Å². The Hall–Kier alpha value is -0.340. The van der Waals surface area contributed by atoms with E-state index >= 15 is 0 Å². The molecule has 1 aromatic carbocycles. The average Bonchev–Trinajstić information content (AvgIpc) is 2.45. The SMILES string of the molecule is CCCCCC[N+](CCC)(CCC)Cc1ccccc1.[Br-]. The van der Waals surface area contributed by atoms with Crippen LogP contribution >= 0.6 is 0 Å². The summed E-state index contributed by atoms with van der Waals surface area (Å²) in [6.07, 6.45) is 8.10. The van der Waals surface area contributed by atoms with Crippen molar-refractivity contribution in [3.8, 4) is 0 Å². The zero-order valence-electron chi connectivity index (χ0n) is 14.3. The van der Waals surface area contributed by atoms with E-state index in [1.807, 2.05) is 0 Å². The van der Waals surface area contributed by atoms with E-state index in [0.29, 0.717) is 0 Å². The van der Waals surface area contributed by atoms with Gasteiger partial charge in [-0.1, -0.05) is 63.9 Å². The first-order valence-electron chi connectivity index (χ1n) is 8.65. The fourth-order valence-electron chi connectivity index (χ4n) is 3.37. The van der Waals surface area contributed by atoms with Gasteiger partial charge in [-0.2, -0.15) is 0 Å². The Morgan fingerprint density at radius 3 is 1.86 bits per heavy atom. The molecule has 0 aliphatic rings. The summed E-state index contributed by atoms with van der Waals surface area (Å²) in [5, 5.41) is 0. The predicted molar refractivity (Wildman–Crippen MR) is 89.7 cm³/mol. The third-order valence-electron chi connectivity index (χ3n) is 4.24. The highest BCUT2D eigenvalue weighted by Gasteiger charge is 2.25. The number of hydrogen-bond donors (Lipinski definition) is 0. The number of unbranched alkanes of at least 4 members (excludes halogenated alkanes) is 3. The smallest absolute Gasteiger partial charge is 0.104 e.